The van der Waals surface area contributed by atoms with E-state index in [-0.39, 0.29) is 5.41 Å². The molecule has 0 spiro atoms. The molecular weight excluding hydrogens is 288 g/mol. The molecule has 1 saturated heterocycles. The summed E-state index contributed by atoms with van der Waals surface area (Å²) in [6, 6.07) is 6.45. The van der Waals surface area contributed by atoms with Crippen LogP contribution < -0.4 is 9.80 Å². The maximum absolute atomic E-state index is 4.48. The maximum atomic E-state index is 4.48. The Hall–Kier alpha value is -2.24. The van der Waals surface area contributed by atoms with Crippen LogP contribution in [0.4, 0.5) is 11.8 Å². The Morgan fingerprint density at radius 2 is 1.87 bits per heavy atom. The van der Waals surface area contributed by atoms with Crippen LogP contribution in [0, 0.1) is 6.92 Å². The first-order valence-corrected chi connectivity index (χ1v) is 7.96. The van der Waals surface area contributed by atoms with Crippen LogP contribution in [0.1, 0.15) is 32.2 Å². The number of rotatable bonds is 3. The van der Waals surface area contributed by atoms with Gasteiger partial charge in [-0.15, -0.1) is 5.10 Å². The molecule has 0 atom stereocenters. The van der Waals surface area contributed by atoms with Gasteiger partial charge >= 0.3 is 0 Å². The van der Waals surface area contributed by atoms with Gasteiger partial charge in [0.15, 0.2) is 5.82 Å². The van der Waals surface area contributed by atoms with Crippen LogP contribution in [0.3, 0.4) is 0 Å². The third-order valence-corrected chi connectivity index (χ3v) is 4.25. The molecule has 6 nitrogen and oxygen atoms in total. The van der Waals surface area contributed by atoms with Gasteiger partial charge in [-0.05, 0) is 25.1 Å². The quantitative estimate of drug-likeness (QED) is 0.866. The monoisotopic (exact) mass is 312 g/mol. The van der Waals surface area contributed by atoms with E-state index in [1.54, 1.807) is 6.20 Å². The molecule has 1 fully saturated rings. The van der Waals surface area contributed by atoms with Crippen molar-refractivity contribution in [2.24, 2.45) is 0 Å². The van der Waals surface area contributed by atoms with Crippen molar-refractivity contribution in [2.75, 3.05) is 29.9 Å². The first-order valence-electron chi connectivity index (χ1n) is 7.96. The van der Waals surface area contributed by atoms with E-state index in [1.807, 2.05) is 20.0 Å². The summed E-state index contributed by atoms with van der Waals surface area (Å²) in [6.45, 7) is 10.3. The number of hydrogen-bond acceptors (Lipinski definition) is 6. The standard InChI is InChI=1S/C17H24N6/c1-12-8-9-18-16(19-12)22(5)13-10-23(11-13)15-7-6-14(20-21-15)17(2,3)4/h6-9,13H,10-11H2,1-5H3. The summed E-state index contributed by atoms with van der Waals surface area (Å²) >= 11 is 0. The topological polar surface area (TPSA) is 58.0 Å². The molecular formula is C17H24N6. The first kappa shape index (κ1) is 15.6. The minimum Gasteiger partial charge on any atom is -0.351 e. The summed E-state index contributed by atoms with van der Waals surface area (Å²) in [5.41, 5.74) is 2.04. The highest BCUT2D eigenvalue weighted by molar-refractivity contribution is 5.45. The van der Waals surface area contributed by atoms with Gasteiger partial charge in [0.1, 0.15) is 0 Å². The van der Waals surface area contributed by atoms with Gasteiger partial charge in [0.05, 0.1) is 11.7 Å². The van der Waals surface area contributed by atoms with Crippen molar-refractivity contribution in [3.05, 3.63) is 35.8 Å². The Morgan fingerprint density at radius 3 is 2.43 bits per heavy atom. The van der Waals surface area contributed by atoms with Gasteiger partial charge in [0.25, 0.3) is 0 Å². The zero-order chi connectivity index (χ0) is 16.6. The Labute approximate surface area is 137 Å². The normalized spacial score (nSPS) is 15.4. The molecule has 2 aromatic heterocycles. The first-order chi connectivity index (χ1) is 10.8. The Balaban J connectivity index is 1.62. The van der Waals surface area contributed by atoms with Crippen molar-refractivity contribution >= 4 is 11.8 Å². The molecule has 0 amide bonds. The SMILES string of the molecule is Cc1ccnc(N(C)C2CN(c3ccc(C(C)(C)C)nn3)C2)n1. The van der Waals surface area contributed by atoms with E-state index in [1.165, 1.54) is 0 Å². The van der Waals surface area contributed by atoms with Crippen LogP contribution >= 0.6 is 0 Å². The van der Waals surface area contributed by atoms with E-state index < -0.39 is 0 Å². The minimum atomic E-state index is 0.0335. The van der Waals surface area contributed by atoms with Crippen molar-refractivity contribution in [3.63, 3.8) is 0 Å². The van der Waals surface area contributed by atoms with Crippen LogP contribution in [0.2, 0.25) is 0 Å². The van der Waals surface area contributed by atoms with E-state index >= 15 is 0 Å². The van der Waals surface area contributed by atoms with Crippen molar-refractivity contribution < 1.29 is 0 Å². The molecule has 2 aromatic rings. The van der Waals surface area contributed by atoms with Gasteiger partial charge < -0.3 is 9.80 Å². The number of anilines is 2. The van der Waals surface area contributed by atoms with Crippen molar-refractivity contribution in [3.8, 4) is 0 Å². The van der Waals surface area contributed by atoms with Crippen LogP contribution in [-0.2, 0) is 5.41 Å². The van der Waals surface area contributed by atoms with E-state index in [0.717, 1.165) is 36.2 Å². The zero-order valence-electron chi connectivity index (χ0n) is 14.5. The second-order valence-electron chi connectivity index (χ2n) is 7.19. The predicted octanol–water partition coefficient (Wildman–Crippen LogP) is 2.20. The molecule has 0 aliphatic carbocycles. The lowest BCUT2D eigenvalue weighted by atomic mass is 9.92. The fraction of sp³-hybridized carbons (Fsp3) is 0.529. The smallest absolute Gasteiger partial charge is 0.225 e. The second kappa shape index (κ2) is 5.76. The van der Waals surface area contributed by atoms with Gasteiger partial charge in [-0.3, -0.25) is 0 Å². The van der Waals surface area contributed by atoms with E-state index in [9.17, 15) is 0 Å². The largest absolute Gasteiger partial charge is 0.351 e. The molecule has 6 heteroatoms. The fourth-order valence-electron chi connectivity index (χ4n) is 2.55. The van der Waals surface area contributed by atoms with Crippen molar-refractivity contribution in [1.29, 1.82) is 0 Å². The summed E-state index contributed by atoms with van der Waals surface area (Å²) in [4.78, 5) is 13.2. The van der Waals surface area contributed by atoms with Gasteiger partial charge in [-0.25, -0.2) is 9.97 Å². The summed E-state index contributed by atoms with van der Waals surface area (Å²) in [6.07, 6.45) is 1.81. The van der Waals surface area contributed by atoms with Crippen LogP contribution in [0.25, 0.3) is 0 Å². The molecule has 3 rings (SSSR count). The summed E-state index contributed by atoms with van der Waals surface area (Å²) in [5, 5.41) is 8.74. The third-order valence-electron chi connectivity index (χ3n) is 4.25. The van der Waals surface area contributed by atoms with E-state index in [2.05, 4.69) is 62.9 Å². The fourth-order valence-corrected chi connectivity index (χ4v) is 2.55. The number of aryl methyl sites for hydroxylation is 1. The van der Waals surface area contributed by atoms with Gasteiger partial charge in [0.2, 0.25) is 5.95 Å². The molecule has 1 aliphatic heterocycles. The molecule has 0 radical (unpaired) electrons. The molecule has 0 saturated carbocycles. The summed E-state index contributed by atoms with van der Waals surface area (Å²) < 4.78 is 0. The molecule has 122 valence electrons. The minimum absolute atomic E-state index is 0.0335. The highest BCUT2D eigenvalue weighted by atomic mass is 15.4. The van der Waals surface area contributed by atoms with E-state index in [0.29, 0.717) is 6.04 Å². The lowest BCUT2D eigenvalue weighted by molar-refractivity contribution is 0.482. The average Bonchev–Trinajstić information content (AvgIpc) is 2.45. The van der Waals surface area contributed by atoms with E-state index in [4.69, 9.17) is 0 Å². The third kappa shape index (κ3) is 3.25. The van der Waals surface area contributed by atoms with Gasteiger partial charge in [0, 0.05) is 37.4 Å². The molecule has 0 bridgehead atoms. The van der Waals surface area contributed by atoms with Crippen LogP contribution in [0.15, 0.2) is 24.4 Å². The molecule has 0 aromatic carbocycles. The second-order valence-corrected chi connectivity index (χ2v) is 7.19. The van der Waals surface area contributed by atoms with Crippen molar-refractivity contribution in [2.45, 2.75) is 39.2 Å². The molecule has 1 aliphatic rings. The number of hydrogen-bond donors (Lipinski definition) is 0. The highest BCUT2D eigenvalue weighted by Crippen LogP contribution is 2.25. The predicted molar refractivity (Wildman–Crippen MR) is 91.9 cm³/mol. The van der Waals surface area contributed by atoms with Crippen molar-refractivity contribution in [1.82, 2.24) is 20.2 Å². The summed E-state index contributed by atoms with van der Waals surface area (Å²) in [7, 11) is 2.05. The zero-order valence-corrected chi connectivity index (χ0v) is 14.5. The average molecular weight is 312 g/mol. The summed E-state index contributed by atoms with van der Waals surface area (Å²) in [5.74, 6) is 1.72. The molecule has 23 heavy (non-hydrogen) atoms. The Bertz CT molecular complexity index is 670. The maximum Gasteiger partial charge on any atom is 0.225 e. The number of likely N-dealkylation sites (N-methyl/N-ethyl adjacent to an activating group) is 1. The number of aromatic nitrogens is 4. The van der Waals surface area contributed by atoms with Crippen LogP contribution in [-0.4, -0.2) is 46.3 Å². The lowest BCUT2D eigenvalue weighted by Gasteiger charge is -2.44. The molecule has 0 unspecified atom stereocenters. The Kier molecular flexibility index (Phi) is 3.92. The molecule has 0 N–H and O–H groups in total. The number of nitrogens with zero attached hydrogens (tertiary/aromatic N) is 6. The lowest BCUT2D eigenvalue weighted by Crippen LogP contribution is -2.59. The van der Waals surface area contributed by atoms with Gasteiger partial charge in [-0.1, -0.05) is 20.8 Å². The highest BCUT2D eigenvalue weighted by Gasteiger charge is 2.32. The molecule has 3 heterocycles. The van der Waals surface area contributed by atoms with Crippen LogP contribution in [0.5, 0.6) is 0 Å². The Morgan fingerprint density at radius 1 is 1.13 bits per heavy atom. The van der Waals surface area contributed by atoms with Gasteiger partial charge in [-0.2, -0.15) is 5.10 Å².